The topological polar surface area (TPSA) is 115 Å². The van der Waals surface area contributed by atoms with Gasteiger partial charge in [-0.2, -0.15) is 0 Å². The Kier molecular flexibility index (Phi) is 7.39. The van der Waals surface area contributed by atoms with Crippen LogP contribution in [0.2, 0.25) is 0 Å². The molecule has 1 aliphatic rings. The highest BCUT2D eigenvalue weighted by Crippen LogP contribution is 2.31. The standard InChI is InChI=1S/C27H29NO7/c1-16(26(30)28-15-17-3-5-19(6-4-17)27(31)32)34-21-11-12-22-23(14-25(29)35-24(22)13-21)18-7-9-20(33-2)10-8-18/h7-14,16-17,19H,3-6,15H2,1-2H3,(H,28,30)(H,31,32)/t16-,17?,19?/m0/s1. The van der Waals surface area contributed by atoms with Crippen molar-refractivity contribution < 1.29 is 28.6 Å². The number of ether oxygens (including phenoxy) is 2. The fraction of sp³-hybridized carbons (Fsp3) is 0.370. The molecule has 0 bridgehead atoms. The minimum atomic E-state index is -0.751. The highest BCUT2D eigenvalue weighted by atomic mass is 16.5. The van der Waals surface area contributed by atoms with E-state index in [0.29, 0.717) is 30.7 Å². The molecule has 4 rings (SSSR count). The van der Waals surface area contributed by atoms with Crippen molar-refractivity contribution in [3.8, 4) is 22.6 Å². The van der Waals surface area contributed by atoms with E-state index in [1.807, 2.05) is 24.3 Å². The van der Waals surface area contributed by atoms with Crippen LogP contribution in [0.1, 0.15) is 32.6 Å². The minimum Gasteiger partial charge on any atom is -0.497 e. The normalized spacial score (nSPS) is 18.6. The second-order valence-electron chi connectivity index (χ2n) is 8.93. The third-order valence-corrected chi connectivity index (χ3v) is 6.56. The molecule has 2 N–H and O–H groups in total. The van der Waals surface area contributed by atoms with E-state index < -0.39 is 17.7 Å². The average Bonchev–Trinajstić information content (AvgIpc) is 2.86. The van der Waals surface area contributed by atoms with Crippen LogP contribution in [0.25, 0.3) is 22.1 Å². The van der Waals surface area contributed by atoms with Gasteiger partial charge in [0.05, 0.1) is 13.0 Å². The number of carbonyl (C=O) groups is 2. The van der Waals surface area contributed by atoms with Crippen molar-refractivity contribution in [3.05, 3.63) is 59.0 Å². The van der Waals surface area contributed by atoms with Gasteiger partial charge < -0.3 is 24.3 Å². The number of carboxylic acid groups (broad SMARTS) is 1. The molecule has 0 unspecified atom stereocenters. The molecule has 8 nitrogen and oxygen atoms in total. The smallest absolute Gasteiger partial charge is 0.336 e. The third-order valence-electron chi connectivity index (χ3n) is 6.56. The van der Waals surface area contributed by atoms with Crippen molar-refractivity contribution in [2.75, 3.05) is 13.7 Å². The number of fused-ring (bicyclic) bond motifs is 1. The van der Waals surface area contributed by atoms with Gasteiger partial charge in [0.1, 0.15) is 17.1 Å². The van der Waals surface area contributed by atoms with Crippen LogP contribution in [-0.4, -0.2) is 36.7 Å². The summed E-state index contributed by atoms with van der Waals surface area (Å²) in [7, 11) is 1.59. The molecule has 8 heteroatoms. The van der Waals surface area contributed by atoms with Gasteiger partial charge in [-0.05, 0) is 73.9 Å². The van der Waals surface area contributed by atoms with Gasteiger partial charge >= 0.3 is 11.6 Å². The Hall–Kier alpha value is -3.81. The molecule has 1 heterocycles. The molecule has 1 saturated carbocycles. The molecule has 1 aliphatic carbocycles. The number of rotatable bonds is 8. The van der Waals surface area contributed by atoms with Gasteiger partial charge in [0.25, 0.3) is 5.91 Å². The zero-order valence-electron chi connectivity index (χ0n) is 19.8. The highest BCUT2D eigenvalue weighted by molar-refractivity contribution is 5.94. The van der Waals surface area contributed by atoms with E-state index in [1.165, 1.54) is 6.07 Å². The fourth-order valence-corrected chi connectivity index (χ4v) is 4.49. The van der Waals surface area contributed by atoms with Gasteiger partial charge in [0, 0.05) is 24.1 Å². The van der Waals surface area contributed by atoms with Gasteiger partial charge in [0.2, 0.25) is 0 Å². The van der Waals surface area contributed by atoms with Gasteiger partial charge in [-0.15, -0.1) is 0 Å². The fourth-order valence-electron chi connectivity index (χ4n) is 4.49. The van der Waals surface area contributed by atoms with Crippen LogP contribution in [0.3, 0.4) is 0 Å². The summed E-state index contributed by atoms with van der Waals surface area (Å²) in [5.74, 6) is 0.139. The Morgan fingerprint density at radius 3 is 2.40 bits per heavy atom. The number of methoxy groups -OCH3 is 1. The summed E-state index contributed by atoms with van der Waals surface area (Å²) in [5, 5.41) is 12.8. The summed E-state index contributed by atoms with van der Waals surface area (Å²) >= 11 is 0. The van der Waals surface area contributed by atoms with Crippen molar-refractivity contribution in [1.29, 1.82) is 0 Å². The van der Waals surface area contributed by atoms with Gasteiger partial charge in [0.15, 0.2) is 6.10 Å². The minimum absolute atomic E-state index is 0.251. The average molecular weight is 480 g/mol. The molecule has 1 atom stereocenters. The van der Waals surface area contributed by atoms with Gasteiger partial charge in [-0.25, -0.2) is 4.79 Å². The van der Waals surface area contributed by atoms with Crippen molar-refractivity contribution >= 4 is 22.8 Å². The summed E-state index contributed by atoms with van der Waals surface area (Å²) in [4.78, 5) is 35.9. The number of aliphatic carboxylic acids is 1. The molecule has 2 aromatic carbocycles. The zero-order chi connectivity index (χ0) is 24.9. The molecule has 0 radical (unpaired) electrons. The van der Waals surface area contributed by atoms with E-state index in [9.17, 15) is 14.4 Å². The summed E-state index contributed by atoms with van der Waals surface area (Å²) < 4.78 is 16.4. The van der Waals surface area contributed by atoms with Gasteiger partial charge in [-0.1, -0.05) is 12.1 Å². The molecular formula is C27H29NO7. The van der Waals surface area contributed by atoms with Crippen molar-refractivity contribution in [2.24, 2.45) is 11.8 Å². The molecule has 0 aliphatic heterocycles. The number of nitrogens with one attached hydrogen (secondary N) is 1. The zero-order valence-corrected chi connectivity index (χ0v) is 19.8. The first-order valence-electron chi connectivity index (χ1n) is 11.7. The third kappa shape index (κ3) is 5.82. The second kappa shape index (κ2) is 10.6. The molecular weight excluding hydrogens is 450 g/mol. The van der Waals surface area contributed by atoms with E-state index in [4.69, 9.17) is 19.0 Å². The van der Waals surface area contributed by atoms with E-state index in [1.54, 1.807) is 32.2 Å². The number of hydrogen-bond donors (Lipinski definition) is 2. The van der Waals surface area contributed by atoms with E-state index >= 15 is 0 Å². The van der Waals surface area contributed by atoms with Crippen LogP contribution in [0.4, 0.5) is 0 Å². The first-order chi connectivity index (χ1) is 16.8. The Bertz CT molecular complexity index is 1260. The van der Waals surface area contributed by atoms with E-state index in [-0.39, 0.29) is 17.7 Å². The van der Waals surface area contributed by atoms with Gasteiger partial charge in [-0.3, -0.25) is 9.59 Å². The predicted molar refractivity (Wildman–Crippen MR) is 131 cm³/mol. The maximum atomic E-state index is 12.6. The van der Waals surface area contributed by atoms with E-state index in [0.717, 1.165) is 35.1 Å². The summed E-state index contributed by atoms with van der Waals surface area (Å²) in [6, 6.07) is 14.0. The predicted octanol–water partition coefficient (Wildman–Crippen LogP) is 4.24. The Labute approximate surface area is 202 Å². The number of benzene rings is 2. The summed E-state index contributed by atoms with van der Waals surface area (Å²) in [5.41, 5.74) is 1.46. The Balaban J connectivity index is 1.41. The highest BCUT2D eigenvalue weighted by Gasteiger charge is 2.26. The maximum absolute atomic E-state index is 12.6. The number of amides is 1. The molecule has 35 heavy (non-hydrogen) atoms. The van der Waals surface area contributed by atoms with Crippen molar-refractivity contribution in [2.45, 2.75) is 38.7 Å². The van der Waals surface area contributed by atoms with Crippen LogP contribution in [0.15, 0.2) is 57.7 Å². The molecule has 0 spiro atoms. The lowest BCUT2D eigenvalue weighted by Gasteiger charge is -2.26. The molecule has 1 fully saturated rings. The van der Waals surface area contributed by atoms with Crippen molar-refractivity contribution in [1.82, 2.24) is 5.32 Å². The first-order valence-corrected chi connectivity index (χ1v) is 11.7. The summed E-state index contributed by atoms with van der Waals surface area (Å²) in [6.45, 7) is 2.15. The van der Waals surface area contributed by atoms with Crippen LogP contribution >= 0.6 is 0 Å². The Morgan fingerprint density at radius 2 is 1.74 bits per heavy atom. The largest absolute Gasteiger partial charge is 0.497 e. The number of hydrogen-bond acceptors (Lipinski definition) is 6. The molecule has 1 amide bonds. The van der Waals surface area contributed by atoms with E-state index in [2.05, 4.69) is 5.32 Å². The molecule has 0 saturated heterocycles. The van der Waals surface area contributed by atoms with Crippen molar-refractivity contribution in [3.63, 3.8) is 0 Å². The van der Waals surface area contributed by atoms with Crippen LogP contribution < -0.4 is 20.4 Å². The molecule has 184 valence electrons. The monoisotopic (exact) mass is 479 g/mol. The lowest BCUT2D eigenvalue weighted by Crippen LogP contribution is -2.39. The number of carboxylic acids is 1. The molecule has 1 aromatic heterocycles. The van der Waals surface area contributed by atoms with Crippen LogP contribution in [-0.2, 0) is 9.59 Å². The Morgan fingerprint density at radius 1 is 1.06 bits per heavy atom. The summed E-state index contributed by atoms with van der Waals surface area (Å²) in [6.07, 6.45) is 2.10. The van der Waals surface area contributed by atoms with Crippen LogP contribution in [0.5, 0.6) is 11.5 Å². The SMILES string of the molecule is COc1ccc(-c2cc(=O)oc3cc(O[C@@H](C)C(=O)NCC4CCC(C(=O)O)CC4)ccc23)cc1. The van der Waals surface area contributed by atoms with Crippen LogP contribution in [0, 0.1) is 11.8 Å². The maximum Gasteiger partial charge on any atom is 0.336 e. The second-order valence-corrected chi connectivity index (χ2v) is 8.93. The lowest BCUT2D eigenvalue weighted by molar-refractivity contribution is -0.143. The quantitative estimate of drug-likeness (QED) is 0.464. The molecule has 3 aromatic rings. The lowest BCUT2D eigenvalue weighted by atomic mass is 9.82. The first kappa shape index (κ1) is 24.3. The number of carbonyl (C=O) groups excluding carboxylic acids is 1.